The summed E-state index contributed by atoms with van der Waals surface area (Å²) in [5.41, 5.74) is 7.62. The zero-order chi connectivity index (χ0) is 15.2. The molecule has 5 nitrogen and oxygen atoms in total. The lowest BCUT2D eigenvalue weighted by Gasteiger charge is -2.17. The highest BCUT2D eigenvalue weighted by Gasteiger charge is 2.17. The van der Waals surface area contributed by atoms with Crippen LogP contribution in [0.25, 0.3) is 0 Å². The number of nitrogens with two attached hydrogens (primary N) is 1. The van der Waals surface area contributed by atoms with Crippen LogP contribution in [0.1, 0.15) is 24.2 Å². The van der Waals surface area contributed by atoms with Crippen LogP contribution < -0.4 is 11.1 Å². The molecule has 2 aromatic rings. The molecule has 1 unspecified atom stereocenters. The quantitative estimate of drug-likeness (QED) is 0.777. The van der Waals surface area contributed by atoms with Crippen molar-refractivity contribution >= 4 is 5.91 Å². The lowest BCUT2D eigenvalue weighted by Crippen LogP contribution is -2.43. The third-order valence-corrected chi connectivity index (χ3v) is 3.22. The number of rotatable bonds is 5. The number of hydrogen-bond acceptors (Lipinski definition) is 4. The molecule has 0 aliphatic rings. The SMILES string of the molecule is C[C@@H](NC(=O)C(N)Cc1ccc(O)cc1)c1ccccn1. The van der Waals surface area contributed by atoms with Gasteiger partial charge in [0.25, 0.3) is 0 Å². The van der Waals surface area contributed by atoms with Crippen LogP contribution in [0.2, 0.25) is 0 Å². The van der Waals surface area contributed by atoms with Crippen molar-refractivity contribution < 1.29 is 9.90 Å². The molecule has 2 rings (SSSR count). The summed E-state index contributed by atoms with van der Waals surface area (Å²) < 4.78 is 0. The van der Waals surface area contributed by atoms with Crippen LogP contribution in [0.3, 0.4) is 0 Å². The first kappa shape index (κ1) is 15.0. The average Bonchev–Trinajstić information content (AvgIpc) is 2.50. The largest absolute Gasteiger partial charge is 0.508 e. The van der Waals surface area contributed by atoms with E-state index in [1.807, 2.05) is 25.1 Å². The van der Waals surface area contributed by atoms with Crippen molar-refractivity contribution in [1.29, 1.82) is 0 Å². The van der Waals surface area contributed by atoms with Gasteiger partial charge in [-0.15, -0.1) is 0 Å². The Hall–Kier alpha value is -2.40. The molecule has 2 atom stereocenters. The van der Waals surface area contributed by atoms with Crippen LogP contribution in [0.5, 0.6) is 5.75 Å². The number of nitrogens with one attached hydrogen (secondary N) is 1. The Balaban J connectivity index is 1.92. The standard InChI is InChI=1S/C16H19N3O2/c1-11(15-4-2-3-9-18-15)19-16(21)14(17)10-12-5-7-13(20)8-6-12/h2-9,11,14,20H,10,17H2,1H3,(H,19,21)/t11-,14?/m1/s1. The summed E-state index contributed by atoms with van der Waals surface area (Å²) in [6.45, 7) is 1.87. The van der Waals surface area contributed by atoms with Crippen LogP contribution >= 0.6 is 0 Å². The summed E-state index contributed by atoms with van der Waals surface area (Å²) in [7, 11) is 0. The van der Waals surface area contributed by atoms with Crippen molar-refractivity contribution in [1.82, 2.24) is 10.3 Å². The normalized spacial score (nSPS) is 13.4. The van der Waals surface area contributed by atoms with E-state index in [1.165, 1.54) is 0 Å². The molecule has 0 spiro atoms. The second kappa shape index (κ2) is 6.85. The number of benzene rings is 1. The Morgan fingerprint density at radius 1 is 1.29 bits per heavy atom. The molecule has 0 fully saturated rings. The fourth-order valence-corrected chi connectivity index (χ4v) is 2.01. The number of nitrogens with zero attached hydrogens (tertiary/aromatic N) is 1. The van der Waals surface area contributed by atoms with Gasteiger partial charge in [-0.1, -0.05) is 18.2 Å². The molecule has 0 bridgehead atoms. The molecule has 0 saturated carbocycles. The van der Waals surface area contributed by atoms with Crippen molar-refractivity contribution in [3.05, 3.63) is 59.9 Å². The predicted molar refractivity (Wildman–Crippen MR) is 80.6 cm³/mol. The van der Waals surface area contributed by atoms with Crippen LogP contribution in [0.15, 0.2) is 48.7 Å². The number of pyridine rings is 1. The topological polar surface area (TPSA) is 88.2 Å². The van der Waals surface area contributed by atoms with E-state index in [4.69, 9.17) is 5.73 Å². The van der Waals surface area contributed by atoms with Crippen molar-refractivity contribution in [2.75, 3.05) is 0 Å². The maximum absolute atomic E-state index is 12.1. The molecule has 0 radical (unpaired) electrons. The third-order valence-electron chi connectivity index (χ3n) is 3.22. The Labute approximate surface area is 123 Å². The molecule has 0 aliphatic carbocycles. The number of phenols is 1. The van der Waals surface area contributed by atoms with E-state index in [-0.39, 0.29) is 17.7 Å². The fourth-order valence-electron chi connectivity index (χ4n) is 2.01. The summed E-state index contributed by atoms with van der Waals surface area (Å²) in [6.07, 6.45) is 2.11. The van der Waals surface area contributed by atoms with Gasteiger partial charge in [-0.05, 0) is 43.2 Å². The Kier molecular flexibility index (Phi) is 4.90. The molecule has 21 heavy (non-hydrogen) atoms. The lowest BCUT2D eigenvalue weighted by molar-refractivity contribution is -0.123. The third kappa shape index (κ3) is 4.29. The predicted octanol–water partition coefficient (Wildman–Crippen LogP) is 1.53. The molecule has 1 amide bonds. The van der Waals surface area contributed by atoms with Crippen LogP contribution in [-0.4, -0.2) is 22.0 Å². The van der Waals surface area contributed by atoms with Gasteiger partial charge in [0.2, 0.25) is 5.91 Å². The van der Waals surface area contributed by atoms with Gasteiger partial charge in [-0.3, -0.25) is 9.78 Å². The second-order valence-corrected chi connectivity index (χ2v) is 4.96. The van der Waals surface area contributed by atoms with Crippen LogP contribution in [0.4, 0.5) is 0 Å². The number of aromatic hydroxyl groups is 1. The van der Waals surface area contributed by atoms with Crippen molar-refractivity contribution in [3.63, 3.8) is 0 Å². The number of carbonyl (C=O) groups is 1. The highest BCUT2D eigenvalue weighted by atomic mass is 16.3. The first-order valence-electron chi connectivity index (χ1n) is 6.81. The first-order valence-corrected chi connectivity index (χ1v) is 6.81. The molecule has 4 N–H and O–H groups in total. The van der Waals surface area contributed by atoms with Gasteiger partial charge in [-0.25, -0.2) is 0 Å². The van der Waals surface area contributed by atoms with Gasteiger partial charge in [0, 0.05) is 6.20 Å². The zero-order valence-corrected chi connectivity index (χ0v) is 11.9. The Morgan fingerprint density at radius 3 is 2.62 bits per heavy atom. The minimum atomic E-state index is -0.638. The zero-order valence-electron chi connectivity index (χ0n) is 11.9. The minimum absolute atomic E-state index is 0.190. The number of carbonyl (C=O) groups excluding carboxylic acids is 1. The van der Waals surface area contributed by atoms with Gasteiger partial charge in [0.15, 0.2) is 0 Å². The molecule has 1 heterocycles. The van der Waals surface area contributed by atoms with E-state index >= 15 is 0 Å². The van der Waals surface area contributed by atoms with Crippen molar-refractivity contribution in [2.24, 2.45) is 5.73 Å². The van der Waals surface area contributed by atoms with Gasteiger partial charge in [0.05, 0.1) is 17.8 Å². The van der Waals surface area contributed by atoms with Gasteiger partial charge in [0.1, 0.15) is 5.75 Å². The van der Waals surface area contributed by atoms with Gasteiger partial charge < -0.3 is 16.2 Å². The Morgan fingerprint density at radius 2 is 2.00 bits per heavy atom. The van der Waals surface area contributed by atoms with E-state index in [1.54, 1.807) is 30.5 Å². The van der Waals surface area contributed by atoms with E-state index in [2.05, 4.69) is 10.3 Å². The molecule has 1 aromatic carbocycles. The van der Waals surface area contributed by atoms with E-state index < -0.39 is 6.04 Å². The highest BCUT2D eigenvalue weighted by Crippen LogP contribution is 2.12. The lowest BCUT2D eigenvalue weighted by atomic mass is 10.1. The van der Waals surface area contributed by atoms with Crippen molar-refractivity contribution in [3.8, 4) is 5.75 Å². The average molecular weight is 285 g/mol. The molecular formula is C16H19N3O2. The van der Waals surface area contributed by atoms with Gasteiger partial charge >= 0.3 is 0 Å². The molecule has 0 aliphatic heterocycles. The molecular weight excluding hydrogens is 266 g/mol. The Bertz CT molecular complexity index is 584. The first-order chi connectivity index (χ1) is 10.1. The fraction of sp³-hybridized carbons (Fsp3) is 0.250. The molecule has 110 valence electrons. The minimum Gasteiger partial charge on any atom is -0.508 e. The maximum Gasteiger partial charge on any atom is 0.237 e. The monoisotopic (exact) mass is 285 g/mol. The summed E-state index contributed by atoms with van der Waals surface area (Å²) in [6, 6.07) is 11.4. The summed E-state index contributed by atoms with van der Waals surface area (Å²) in [5, 5.41) is 12.1. The summed E-state index contributed by atoms with van der Waals surface area (Å²) in [5.74, 6) is -0.0261. The molecule has 1 aromatic heterocycles. The maximum atomic E-state index is 12.1. The number of hydrogen-bond donors (Lipinski definition) is 3. The molecule has 5 heteroatoms. The van der Waals surface area contributed by atoms with Gasteiger partial charge in [-0.2, -0.15) is 0 Å². The van der Waals surface area contributed by atoms with E-state index in [0.29, 0.717) is 6.42 Å². The van der Waals surface area contributed by atoms with Crippen LogP contribution in [-0.2, 0) is 11.2 Å². The number of amides is 1. The van der Waals surface area contributed by atoms with E-state index in [9.17, 15) is 9.90 Å². The van der Waals surface area contributed by atoms with Crippen LogP contribution in [0, 0.1) is 0 Å². The van der Waals surface area contributed by atoms with Crippen molar-refractivity contribution in [2.45, 2.75) is 25.4 Å². The molecule has 0 saturated heterocycles. The number of aromatic nitrogens is 1. The number of phenolic OH excluding ortho intramolecular Hbond substituents is 1. The smallest absolute Gasteiger partial charge is 0.237 e. The highest BCUT2D eigenvalue weighted by molar-refractivity contribution is 5.82. The summed E-state index contributed by atoms with van der Waals surface area (Å²) in [4.78, 5) is 16.3. The van der Waals surface area contributed by atoms with E-state index in [0.717, 1.165) is 11.3 Å². The second-order valence-electron chi connectivity index (χ2n) is 4.96. The summed E-state index contributed by atoms with van der Waals surface area (Å²) >= 11 is 0.